The first-order valence-electron chi connectivity index (χ1n) is 12.7. The molecule has 0 bridgehead atoms. The lowest BCUT2D eigenvalue weighted by atomic mass is 10.1. The van der Waals surface area contributed by atoms with Crippen LogP contribution in [0.5, 0.6) is 5.75 Å². The minimum absolute atomic E-state index is 0.0511. The van der Waals surface area contributed by atoms with Crippen LogP contribution < -0.4 is 14.8 Å². The van der Waals surface area contributed by atoms with Crippen LogP contribution in [-0.4, -0.2) is 40.6 Å². The Morgan fingerprint density at radius 3 is 2.41 bits per heavy atom. The van der Waals surface area contributed by atoms with Crippen LogP contribution in [0.25, 0.3) is 16.9 Å². The third-order valence-electron chi connectivity index (χ3n) is 6.25. The average Bonchev–Trinajstić information content (AvgIpc) is 3.39. The topological polar surface area (TPSA) is 128 Å². The van der Waals surface area contributed by atoms with Gasteiger partial charge in [0.05, 0.1) is 22.3 Å². The summed E-state index contributed by atoms with van der Waals surface area (Å²) in [5.41, 5.74) is -0.950. The second kappa shape index (κ2) is 12.3. The number of amides is 1. The van der Waals surface area contributed by atoms with Crippen molar-refractivity contribution in [3.05, 3.63) is 102 Å². The van der Waals surface area contributed by atoms with Gasteiger partial charge in [-0.15, -0.1) is 0 Å². The van der Waals surface area contributed by atoms with Crippen molar-refractivity contribution in [2.45, 2.75) is 23.9 Å². The van der Waals surface area contributed by atoms with Crippen molar-refractivity contribution in [3.8, 4) is 17.0 Å². The number of benzene rings is 2. The zero-order chi connectivity index (χ0) is 31.5. The fraction of sp³-hybridized carbons (Fsp3) is 0.143. The molecule has 0 atom stereocenters. The van der Waals surface area contributed by atoms with Crippen LogP contribution in [0, 0.1) is 0 Å². The van der Waals surface area contributed by atoms with Gasteiger partial charge in [-0.3, -0.25) is 10.3 Å². The Morgan fingerprint density at radius 2 is 1.73 bits per heavy atom. The highest BCUT2D eigenvalue weighted by Gasteiger charge is 2.30. The molecule has 0 spiro atoms. The second-order valence-corrected chi connectivity index (χ2v) is 11.0. The fourth-order valence-electron chi connectivity index (χ4n) is 4.12. The molecule has 0 aliphatic heterocycles. The second-order valence-electron chi connectivity index (χ2n) is 9.23. The Labute approximate surface area is 246 Å². The van der Waals surface area contributed by atoms with E-state index < -0.39 is 40.0 Å². The summed E-state index contributed by atoms with van der Waals surface area (Å²) >= 11 is 0. The maximum absolute atomic E-state index is 13.9. The summed E-state index contributed by atoms with van der Waals surface area (Å²) in [6.07, 6.45) is -4.18. The summed E-state index contributed by atoms with van der Waals surface area (Å²) in [5, 5.41) is 6.17. The Balaban J connectivity index is 1.33. The molecule has 5 rings (SSSR count). The van der Waals surface area contributed by atoms with Crippen molar-refractivity contribution in [2.24, 2.45) is 0 Å². The maximum atomic E-state index is 13.9. The summed E-state index contributed by atoms with van der Waals surface area (Å²) in [7, 11) is -3.94. The number of sulfonamides is 1. The first-order chi connectivity index (χ1) is 20.9. The summed E-state index contributed by atoms with van der Waals surface area (Å²) in [6, 6.07) is 13.5. The molecule has 2 aromatic carbocycles. The average molecular weight is 633 g/mol. The number of pyridine rings is 1. The predicted molar refractivity (Wildman–Crippen MR) is 148 cm³/mol. The quantitative estimate of drug-likeness (QED) is 0.194. The number of fused-ring (bicyclic) bond motifs is 1. The van der Waals surface area contributed by atoms with Crippen LogP contribution in [0.15, 0.2) is 90.2 Å². The lowest BCUT2D eigenvalue weighted by Crippen LogP contribution is -2.26. The molecule has 0 radical (unpaired) electrons. The number of anilines is 1. The largest absolute Gasteiger partial charge is 0.417 e. The molecule has 5 aromatic rings. The van der Waals surface area contributed by atoms with Crippen LogP contribution in [-0.2, 0) is 22.6 Å². The van der Waals surface area contributed by atoms with Crippen molar-refractivity contribution in [2.75, 3.05) is 11.9 Å². The molecule has 0 unspecified atom stereocenters. The van der Waals surface area contributed by atoms with Gasteiger partial charge < -0.3 is 4.74 Å². The summed E-state index contributed by atoms with van der Waals surface area (Å²) in [4.78, 5) is 20.7. The molecule has 3 aromatic heterocycles. The van der Waals surface area contributed by atoms with Gasteiger partial charge >= 0.3 is 12.3 Å². The molecule has 44 heavy (non-hydrogen) atoms. The normalized spacial score (nSPS) is 12.0. The van der Waals surface area contributed by atoms with Gasteiger partial charge in [0.25, 0.3) is 6.43 Å². The summed E-state index contributed by atoms with van der Waals surface area (Å²) < 4.78 is 101. The van der Waals surface area contributed by atoms with E-state index in [4.69, 9.17) is 4.74 Å². The number of aromatic nitrogens is 4. The number of carbonyl (C=O) groups excluding carboxylic acids is 1. The maximum Gasteiger partial charge on any atom is 0.417 e. The van der Waals surface area contributed by atoms with Gasteiger partial charge in [-0.1, -0.05) is 18.2 Å². The number of ether oxygens (including phenoxy) is 1. The molecule has 1 amide bonds. The molecule has 228 valence electrons. The fourth-order valence-corrected chi connectivity index (χ4v) is 5.20. The van der Waals surface area contributed by atoms with Crippen molar-refractivity contribution < 1.29 is 39.9 Å². The van der Waals surface area contributed by atoms with Gasteiger partial charge in [0.15, 0.2) is 11.4 Å². The van der Waals surface area contributed by atoms with Gasteiger partial charge in [-0.25, -0.2) is 36.2 Å². The smallest absolute Gasteiger partial charge is 0.404 e. The molecule has 0 aliphatic carbocycles. The number of carbonyl (C=O) groups is 1. The highest BCUT2D eigenvalue weighted by Crippen LogP contribution is 2.33. The van der Waals surface area contributed by atoms with Gasteiger partial charge in [-0.2, -0.15) is 18.3 Å². The summed E-state index contributed by atoms with van der Waals surface area (Å²) in [5.74, 6) is -0.334. The number of hydrogen-bond acceptors (Lipinski definition) is 7. The monoisotopic (exact) mass is 632 g/mol. The number of nitrogens with one attached hydrogen (secondary N) is 2. The molecule has 3 heterocycles. The summed E-state index contributed by atoms with van der Waals surface area (Å²) in [6.45, 7) is 0.114. The predicted octanol–water partition coefficient (Wildman–Crippen LogP) is 5.88. The van der Waals surface area contributed by atoms with Crippen molar-refractivity contribution in [1.82, 2.24) is 24.3 Å². The van der Waals surface area contributed by atoms with Crippen molar-refractivity contribution in [3.63, 3.8) is 0 Å². The van der Waals surface area contributed by atoms with Crippen LogP contribution >= 0.6 is 0 Å². The van der Waals surface area contributed by atoms with Crippen LogP contribution in [0.1, 0.15) is 23.2 Å². The number of hydrogen-bond donors (Lipinski definition) is 2. The number of alkyl halides is 5. The molecule has 0 fully saturated rings. The lowest BCUT2D eigenvalue weighted by Gasteiger charge is -2.11. The van der Waals surface area contributed by atoms with Crippen molar-refractivity contribution >= 4 is 27.5 Å². The molecular weight excluding hydrogens is 611 g/mol. The van der Waals surface area contributed by atoms with E-state index in [2.05, 4.69) is 25.1 Å². The van der Waals surface area contributed by atoms with E-state index in [9.17, 15) is 35.2 Å². The third-order valence-corrected chi connectivity index (χ3v) is 7.71. The van der Waals surface area contributed by atoms with Gasteiger partial charge in [0.1, 0.15) is 5.69 Å². The number of halogens is 5. The van der Waals surface area contributed by atoms with Crippen LogP contribution in [0.3, 0.4) is 0 Å². The molecular formula is C28H21F5N6O4S. The van der Waals surface area contributed by atoms with Crippen LogP contribution in [0.4, 0.5) is 32.4 Å². The standard InChI is InChI=1S/C28H21F5N6O4S/c29-25(30)23-15-22(18-4-6-19(7-5-18)28(31,32)33)38-26-24(16-35-39(23)26)43-27(40)37-20-2-1-3-21(14-20)44(41,42)36-13-10-17-8-11-34-12-9-17/h1-9,11-12,14-16,25,36H,10,13H2,(H,37,40). The van der Waals surface area contributed by atoms with Gasteiger partial charge in [0, 0.05) is 30.2 Å². The number of nitrogens with zero attached hydrogens (tertiary/aromatic N) is 4. The zero-order valence-corrected chi connectivity index (χ0v) is 23.1. The molecule has 2 N–H and O–H groups in total. The Kier molecular flexibility index (Phi) is 8.55. The van der Waals surface area contributed by atoms with E-state index in [1.165, 1.54) is 24.3 Å². The van der Waals surface area contributed by atoms with E-state index in [0.717, 1.165) is 46.6 Å². The SMILES string of the molecule is O=C(Nc1cccc(S(=O)(=O)NCCc2ccncc2)c1)Oc1cnn2c(C(F)F)cc(-c3ccc(C(F)(F)F)cc3)nc12. The molecule has 0 saturated carbocycles. The zero-order valence-electron chi connectivity index (χ0n) is 22.3. The molecule has 0 saturated heterocycles. The lowest BCUT2D eigenvalue weighted by molar-refractivity contribution is -0.137. The highest BCUT2D eigenvalue weighted by atomic mass is 32.2. The molecule has 16 heteroatoms. The van der Waals surface area contributed by atoms with E-state index in [1.807, 2.05) is 0 Å². The first-order valence-corrected chi connectivity index (χ1v) is 14.2. The Bertz CT molecular complexity index is 1900. The van der Waals surface area contributed by atoms with E-state index in [-0.39, 0.29) is 39.8 Å². The molecule has 0 aliphatic rings. The minimum Gasteiger partial charge on any atom is -0.404 e. The van der Waals surface area contributed by atoms with E-state index in [0.29, 0.717) is 6.42 Å². The van der Waals surface area contributed by atoms with Gasteiger partial charge in [-0.05, 0) is 60.5 Å². The number of rotatable bonds is 9. The van der Waals surface area contributed by atoms with Gasteiger partial charge in [0.2, 0.25) is 10.0 Å². The minimum atomic E-state index is -4.59. The van der Waals surface area contributed by atoms with E-state index >= 15 is 0 Å². The Hall–Kier alpha value is -4.96. The first kappa shape index (κ1) is 30.5. The highest BCUT2D eigenvalue weighted by molar-refractivity contribution is 7.89. The third kappa shape index (κ3) is 6.98. The van der Waals surface area contributed by atoms with Crippen LogP contribution in [0.2, 0.25) is 0 Å². The van der Waals surface area contributed by atoms with E-state index in [1.54, 1.807) is 24.5 Å². The van der Waals surface area contributed by atoms with Crippen molar-refractivity contribution in [1.29, 1.82) is 0 Å². The Morgan fingerprint density at radius 1 is 1.00 bits per heavy atom. The molecule has 10 nitrogen and oxygen atoms in total.